The van der Waals surface area contributed by atoms with Crippen LogP contribution in [0.2, 0.25) is 0 Å². The molecule has 0 spiro atoms. The van der Waals surface area contributed by atoms with Gasteiger partial charge in [-0.05, 0) is 36.2 Å². The van der Waals surface area contributed by atoms with Gasteiger partial charge in [0.15, 0.2) is 11.4 Å². The maximum absolute atomic E-state index is 12.7. The van der Waals surface area contributed by atoms with E-state index >= 15 is 0 Å². The first kappa shape index (κ1) is 21.4. The van der Waals surface area contributed by atoms with Gasteiger partial charge in [0, 0.05) is 24.6 Å². The van der Waals surface area contributed by atoms with Crippen LogP contribution in [-0.2, 0) is 16.9 Å². The molecule has 2 N–H and O–H groups in total. The van der Waals surface area contributed by atoms with Crippen molar-refractivity contribution in [2.75, 3.05) is 19.8 Å². The molecule has 1 aliphatic rings. The maximum Gasteiger partial charge on any atom is 0.251 e. The molecule has 33 heavy (non-hydrogen) atoms. The van der Waals surface area contributed by atoms with Crippen LogP contribution in [0.1, 0.15) is 34.2 Å². The average molecular weight is 442 g/mol. The van der Waals surface area contributed by atoms with Gasteiger partial charge in [-0.25, -0.2) is 4.98 Å². The summed E-state index contributed by atoms with van der Waals surface area (Å²) in [5, 5.41) is 15.2. The van der Waals surface area contributed by atoms with Crippen LogP contribution in [-0.4, -0.2) is 40.3 Å². The van der Waals surface area contributed by atoms with Gasteiger partial charge >= 0.3 is 0 Å². The van der Waals surface area contributed by atoms with Gasteiger partial charge in [-0.3, -0.25) is 4.79 Å². The van der Waals surface area contributed by atoms with E-state index in [0.717, 1.165) is 22.2 Å². The molecule has 5 rings (SSSR count). The fourth-order valence-electron chi connectivity index (χ4n) is 4.39. The van der Waals surface area contributed by atoms with Crippen LogP contribution in [0.25, 0.3) is 11.0 Å². The summed E-state index contributed by atoms with van der Waals surface area (Å²) < 4.78 is 7.17. The first-order valence-electron chi connectivity index (χ1n) is 11.3. The van der Waals surface area contributed by atoms with Gasteiger partial charge < -0.3 is 19.7 Å². The van der Waals surface area contributed by atoms with Crippen LogP contribution in [0.3, 0.4) is 0 Å². The second-order valence-electron chi connectivity index (χ2n) is 8.44. The minimum atomic E-state index is -1.44. The lowest BCUT2D eigenvalue weighted by Crippen LogP contribution is -2.39. The van der Waals surface area contributed by atoms with E-state index in [9.17, 15) is 9.90 Å². The quantitative estimate of drug-likeness (QED) is 0.458. The zero-order chi connectivity index (χ0) is 22.8. The summed E-state index contributed by atoms with van der Waals surface area (Å²) in [6, 6.07) is 24.7. The van der Waals surface area contributed by atoms with Crippen molar-refractivity contribution < 1.29 is 14.6 Å². The number of rotatable bonds is 7. The fourth-order valence-corrected chi connectivity index (χ4v) is 4.39. The molecule has 0 bridgehead atoms. The lowest BCUT2D eigenvalue weighted by molar-refractivity contribution is -0.0298. The van der Waals surface area contributed by atoms with Gasteiger partial charge in [-0.2, -0.15) is 0 Å². The Hall–Kier alpha value is -3.48. The molecule has 4 aromatic rings. The molecule has 0 radical (unpaired) electrons. The lowest BCUT2D eigenvalue weighted by atomic mass is 9.85. The fraction of sp³-hybridized carbons (Fsp3) is 0.259. The van der Waals surface area contributed by atoms with Crippen molar-refractivity contribution in [3.63, 3.8) is 0 Å². The largest absolute Gasteiger partial charge is 0.381 e. The molecule has 1 fully saturated rings. The standard InChI is InChI=1S/C27H27N3O3/c1-2-30-24-15-20(25(31)28-16-19-17-33-18-19)13-14-23(24)29-26(30)27(32,21-9-5-3-6-10-21)22-11-7-4-8-12-22/h3-15,19,32H,2,16-18H2,1H3,(H,28,31). The molecule has 0 saturated carbocycles. The number of hydrogen-bond acceptors (Lipinski definition) is 4. The Balaban J connectivity index is 1.61. The summed E-state index contributed by atoms with van der Waals surface area (Å²) >= 11 is 0. The van der Waals surface area contributed by atoms with Gasteiger partial charge in [0.05, 0.1) is 24.2 Å². The van der Waals surface area contributed by atoms with Crippen LogP contribution in [0, 0.1) is 5.92 Å². The van der Waals surface area contributed by atoms with Crippen LogP contribution >= 0.6 is 0 Å². The second kappa shape index (κ2) is 8.81. The van der Waals surface area contributed by atoms with Gasteiger partial charge in [0.1, 0.15) is 0 Å². The second-order valence-corrected chi connectivity index (χ2v) is 8.44. The van der Waals surface area contributed by atoms with Crippen LogP contribution in [0.15, 0.2) is 78.9 Å². The molecule has 1 saturated heterocycles. The summed E-state index contributed by atoms with van der Waals surface area (Å²) in [6.07, 6.45) is 0. The Labute approximate surface area is 192 Å². The number of nitrogens with one attached hydrogen (secondary N) is 1. The maximum atomic E-state index is 12.7. The number of nitrogens with zero attached hydrogens (tertiary/aromatic N) is 2. The molecule has 0 aliphatic carbocycles. The zero-order valence-electron chi connectivity index (χ0n) is 18.6. The van der Waals surface area contributed by atoms with Crippen LogP contribution in [0.4, 0.5) is 0 Å². The Morgan fingerprint density at radius 3 is 2.24 bits per heavy atom. The molecule has 3 aromatic carbocycles. The summed E-state index contributed by atoms with van der Waals surface area (Å²) in [7, 11) is 0. The summed E-state index contributed by atoms with van der Waals surface area (Å²) in [5.74, 6) is 0.800. The van der Waals surface area contributed by atoms with E-state index in [1.165, 1.54) is 0 Å². The number of imidazole rings is 1. The van der Waals surface area contributed by atoms with E-state index in [2.05, 4.69) is 5.32 Å². The molecule has 1 amide bonds. The Morgan fingerprint density at radius 2 is 1.70 bits per heavy atom. The summed E-state index contributed by atoms with van der Waals surface area (Å²) in [4.78, 5) is 17.6. The van der Waals surface area contributed by atoms with Crippen molar-refractivity contribution in [1.82, 2.24) is 14.9 Å². The van der Waals surface area contributed by atoms with Gasteiger partial charge in [-0.1, -0.05) is 60.7 Å². The third kappa shape index (κ3) is 3.81. The zero-order valence-corrected chi connectivity index (χ0v) is 18.6. The first-order valence-corrected chi connectivity index (χ1v) is 11.3. The predicted octanol–water partition coefficient (Wildman–Crippen LogP) is 3.72. The van der Waals surface area contributed by atoms with Crippen molar-refractivity contribution in [3.05, 3.63) is 101 Å². The summed E-state index contributed by atoms with van der Waals surface area (Å²) in [5.41, 5.74) is 2.17. The van der Waals surface area contributed by atoms with Crippen LogP contribution < -0.4 is 5.32 Å². The summed E-state index contributed by atoms with van der Waals surface area (Å²) in [6.45, 7) is 4.62. The van der Waals surface area contributed by atoms with E-state index in [-0.39, 0.29) is 5.91 Å². The molecule has 6 heteroatoms. The molecule has 0 unspecified atom stereocenters. The van der Waals surface area contributed by atoms with Gasteiger partial charge in [0.25, 0.3) is 5.91 Å². The SMILES string of the molecule is CCn1c(C(O)(c2ccccc2)c2ccccc2)nc2ccc(C(=O)NCC3COC3)cc21. The van der Waals surface area contributed by atoms with Gasteiger partial charge in [-0.15, -0.1) is 0 Å². The minimum Gasteiger partial charge on any atom is -0.381 e. The normalized spacial score (nSPS) is 14.2. The van der Waals surface area contributed by atoms with Gasteiger partial charge in [0.2, 0.25) is 0 Å². The number of carbonyl (C=O) groups is 1. The molecule has 6 nitrogen and oxygen atoms in total. The minimum absolute atomic E-state index is 0.115. The highest BCUT2D eigenvalue weighted by Crippen LogP contribution is 2.37. The number of fused-ring (bicyclic) bond motifs is 1. The average Bonchev–Trinajstić information content (AvgIpc) is 3.22. The van der Waals surface area contributed by atoms with Crippen molar-refractivity contribution >= 4 is 16.9 Å². The van der Waals surface area contributed by atoms with E-state index in [0.29, 0.717) is 43.6 Å². The lowest BCUT2D eigenvalue weighted by Gasteiger charge is -2.29. The predicted molar refractivity (Wildman–Crippen MR) is 127 cm³/mol. The Bertz CT molecular complexity index is 1220. The van der Waals surface area contributed by atoms with Crippen molar-refractivity contribution in [2.45, 2.75) is 19.1 Å². The topological polar surface area (TPSA) is 76.4 Å². The number of aryl methyl sites for hydroxylation is 1. The number of benzene rings is 3. The number of ether oxygens (including phenoxy) is 1. The number of amides is 1. The monoisotopic (exact) mass is 441 g/mol. The van der Waals surface area contributed by atoms with E-state index in [1.54, 1.807) is 6.07 Å². The van der Waals surface area contributed by atoms with E-state index < -0.39 is 5.60 Å². The molecule has 168 valence electrons. The number of aromatic nitrogens is 2. The molecule has 0 atom stereocenters. The first-order chi connectivity index (χ1) is 16.1. The van der Waals surface area contributed by atoms with E-state index in [1.807, 2.05) is 84.3 Å². The van der Waals surface area contributed by atoms with Crippen molar-refractivity contribution in [2.24, 2.45) is 5.92 Å². The smallest absolute Gasteiger partial charge is 0.251 e. The Kier molecular flexibility index (Phi) is 5.70. The highest BCUT2D eigenvalue weighted by atomic mass is 16.5. The van der Waals surface area contributed by atoms with Crippen molar-refractivity contribution in [3.8, 4) is 0 Å². The molecule has 2 heterocycles. The highest BCUT2D eigenvalue weighted by Gasteiger charge is 2.38. The Morgan fingerprint density at radius 1 is 1.06 bits per heavy atom. The van der Waals surface area contributed by atoms with E-state index in [4.69, 9.17) is 9.72 Å². The van der Waals surface area contributed by atoms with Crippen molar-refractivity contribution in [1.29, 1.82) is 0 Å². The third-order valence-corrected chi connectivity index (χ3v) is 6.29. The number of hydrogen-bond donors (Lipinski definition) is 2. The van der Waals surface area contributed by atoms with Crippen LogP contribution in [0.5, 0.6) is 0 Å². The molecule has 1 aromatic heterocycles. The number of aliphatic hydroxyl groups is 1. The molecular formula is C27H27N3O3. The molecular weight excluding hydrogens is 414 g/mol. The molecule has 1 aliphatic heterocycles. The highest BCUT2D eigenvalue weighted by molar-refractivity contribution is 5.97. The third-order valence-electron chi connectivity index (χ3n) is 6.29. The number of carbonyl (C=O) groups excluding carboxylic acids is 1.